The number of allylic oxidation sites excluding steroid dienone is 1. The van der Waals surface area contributed by atoms with Crippen LogP contribution in [0.25, 0.3) is 0 Å². The molecule has 4 nitrogen and oxygen atoms in total. The standard InChI is InChI=1S/C19H32N2O2/c1-20-15-19(13-17(20)14-23-2)8-10-21(11-9-19)18(22)12-16-6-4-3-5-7-16/h6,17H,3-5,7-15H2,1-2H3/t17-/m0/s1. The highest BCUT2D eigenvalue weighted by Gasteiger charge is 2.44. The molecule has 0 N–H and O–H groups in total. The van der Waals surface area contributed by atoms with Crippen molar-refractivity contribution in [3.63, 3.8) is 0 Å². The molecule has 3 aliphatic rings. The first-order chi connectivity index (χ1) is 11.1. The molecule has 1 aliphatic carbocycles. The molecule has 130 valence electrons. The van der Waals surface area contributed by atoms with Gasteiger partial charge in [0.25, 0.3) is 0 Å². The Morgan fingerprint density at radius 3 is 2.78 bits per heavy atom. The van der Waals surface area contributed by atoms with Crippen molar-refractivity contribution in [2.45, 2.75) is 57.4 Å². The number of rotatable bonds is 4. The molecule has 3 rings (SSSR count). The number of carbonyl (C=O) groups excluding carboxylic acids is 1. The molecule has 0 bridgehead atoms. The molecule has 0 radical (unpaired) electrons. The van der Waals surface area contributed by atoms with Gasteiger partial charge in [-0.05, 0) is 57.4 Å². The van der Waals surface area contributed by atoms with Gasteiger partial charge in [0.15, 0.2) is 0 Å². The first-order valence-corrected chi connectivity index (χ1v) is 9.27. The molecule has 0 unspecified atom stereocenters. The van der Waals surface area contributed by atoms with E-state index in [1.165, 1.54) is 31.3 Å². The van der Waals surface area contributed by atoms with Crippen LogP contribution in [0.5, 0.6) is 0 Å². The Hall–Kier alpha value is -0.870. The van der Waals surface area contributed by atoms with Crippen molar-refractivity contribution in [2.75, 3.05) is 40.4 Å². The Kier molecular flexibility index (Phi) is 5.42. The predicted molar refractivity (Wildman–Crippen MR) is 92.3 cm³/mol. The number of likely N-dealkylation sites (tertiary alicyclic amines) is 2. The van der Waals surface area contributed by atoms with E-state index < -0.39 is 0 Å². The summed E-state index contributed by atoms with van der Waals surface area (Å²) in [6.45, 7) is 3.88. The quantitative estimate of drug-likeness (QED) is 0.747. The van der Waals surface area contributed by atoms with E-state index in [0.717, 1.165) is 45.5 Å². The summed E-state index contributed by atoms with van der Waals surface area (Å²) in [5.41, 5.74) is 1.79. The third kappa shape index (κ3) is 3.97. The van der Waals surface area contributed by atoms with Crippen LogP contribution in [-0.2, 0) is 9.53 Å². The summed E-state index contributed by atoms with van der Waals surface area (Å²) < 4.78 is 5.36. The molecular weight excluding hydrogens is 288 g/mol. The average molecular weight is 320 g/mol. The Labute approximate surface area is 140 Å². The molecule has 2 heterocycles. The Bertz CT molecular complexity index is 452. The fourth-order valence-corrected chi connectivity index (χ4v) is 4.72. The van der Waals surface area contributed by atoms with E-state index in [4.69, 9.17) is 4.74 Å². The highest BCUT2D eigenvalue weighted by molar-refractivity contribution is 5.78. The molecule has 2 saturated heterocycles. The highest BCUT2D eigenvalue weighted by atomic mass is 16.5. The number of amides is 1. The van der Waals surface area contributed by atoms with Crippen molar-refractivity contribution in [3.8, 4) is 0 Å². The van der Waals surface area contributed by atoms with Crippen molar-refractivity contribution >= 4 is 5.91 Å². The molecule has 23 heavy (non-hydrogen) atoms. The monoisotopic (exact) mass is 320 g/mol. The first kappa shape index (κ1) is 17.0. The van der Waals surface area contributed by atoms with E-state index >= 15 is 0 Å². The zero-order chi connectivity index (χ0) is 16.3. The van der Waals surface area contributed by atoms with Gasteiger partial charge < -0.3 is 14.5 Å². The van der Waals surface area contributed by atoms with Crippen LogP contribution in [0.15, 0.2) is 11.6 Å². The summed E-state index contributed by atoms with van der Waals surface area (Å²) >= 11 is 0. The molecule has 1 atom stereocenters. The van der Waals surface area contributed by atoms with Gasteiger partial charge in [0.1, 0.15) is 0 Å². The second-order valence-electron chi connectivity index (χ2n) is 7.89. The van der Waals surface area contributed by atoms with Crippen molar-refractivity contribution in [1.82, 2.24) is 9.80 Å². The van der Waals surface area contributed by atoms with Crippen molar-refractivity contribution in [1.29, 1.82) is 0 Å². The van der Waals surface area contributed by atoms with Crippen LogP contribution in [0, 0.1) is 5.41 Å². The summed E-state index contributed by atoms with van der Waals surface area (Å²) in [6, 6.07) is 0.551. The van der Waals surface area contributed by atoms with Crippen molar-refractivity contribution in [3.05, 3.63) is 11.6 Å². The topological polar surface area (TPSA) is 32.8 Å². The molecule has 4 heteroatoms. The van der Waals surface area contributed by atoms with Gasteiger partial charge >= 0.3 is 0 Å². The molecule has 2 aliphatic heterocycles. The number of hydrogen-bond donors (Lipinski definition) is 0. The minimum atomic E-state index is 0.354. The van der Waals surface area contributed by atoms with Crippen LogP contribution >= 0.6 is 0 Å². The maximum atomic E-state index is 12.6. The lowest BCUT2D eigenvalue weighted by molar-refractivity contribution is -0.132. The summed E-state index contributed by atoms with van der Waals surface area (Å²) in [5, 5.41) is 0. The smallest absolute Gasteiger partial charge is 0.226 e. The third-order valence-corrected chi connectivity index (χ3v) is 6.18. The van der Waals surface area contributed by atoms with Crippen LogP contribution in [0.1, 0.15) is 51.4 Å². The SMILES string of the molecule is COC[C@@H]1CC2(CCN(C(=O)CC3=CCCCC3)CC2)CN1C. The molecule has 0 aromatic carbocycles. The fraction of sp³-hybridized carbons (Fsp3) is 0.842. The van der Waals surface area contributed by atoms with Gasteiger partial charge in [-0.1, -0.05) is 11.6 Å². The zero-order valence-corrected chi connectivity index (χ0v) is 14.9. The van der Waals surface area contributed by atoms with E-state index in [9.17, 15) is 4.79 Å². The van der Waals surface area contributed by atoms with Crippen LogP contribution in [-0.4, -0.2) is 62.1 Å². The van der Waals surface area contributed by atoms with Crippen molar-refractivity contribution < 1.29 is 9.53 Å². The maximum Gasteiger partial charge on any atom is 0.226 e. The van der Waals surface area contributed by atoms with Crippen LogP contribution in [0.3, 0.4) is 0 Å². The molecule has 1 amide bonds. The van der Waals surface area contributed by atoms with Gasteiger partial charge in [0, 0.05) is 39.2 Å². The number of carbonyl (C=O) groups is 1. The van der Waals surface area contributed by atoms with Gasteiger partial charge in [-0.25, -0.2) is 0 Å². The Morgan fingerprint density at radius 2 is 2.13 bits per heavy atom. The van der Waals surface area contributed by atoms with Crippen LogP contribution in [0.2, 0.25) is 0 Å². The summed E-state index contributed by atoms with van der Waals surface area (Å²) in [7, 11) is 4.01. The van der Waals surface area contributed by atoms with Gasteiger partial charge in [0.2, 0.25) is 5.91 Å². The first-order valence-electron chi connectivity index (χ1n) is 9.27. The van der Waals surface area contributed by atoms with Gasteiger partial charge in [-0.3, -0.25) is 4.79 Å². The largest absolute Gasteiger partial charge is 0.383 e. The number of piperidine rings is 1. The molecule has 1 spiro atoms. The Morgan fingerprint density at radius 1 is 1.35 bits per heavy atom. The van der Waals surface area contributed by atoms with Crippen molar-refractivity contribution in [2.24, 2.45) is 5.41 Å². The fourth-order valence-electron chi connectivity index (χ4n) is 4.72. The van der Waals surface area contributed by atoms with Gasteiger partial charge in [0.05, 0.1) is 6.61 Å². The zero-order valence-electron chi connectivity index (χ0n) is 14.9. The Balaban J connectivity index is 1.50. The van der Waals surface area contributed by atoms with Gasteiger partial charge in [-0.15, -0.1) is 0 Å². The maximum absolute atomic E-state index is 12.6. The summed E-state index contributed by atoms with van der Waals surface area (Å²) in [4.78, 5) is 17.1. The lowest BCUT2D eigenvalue weighted by atomic mass is 9.76. The van der Waals surface area contributed by atoms with Crippen LogP contribution in [0.4, 0.5) is 0 Å². The second-order valence-corrected chi connectivity index (χ2v) is 7.89. The lowest BCUT2D eigenvalue weighted by Gasteiger charge is -2.39. The molecular formula is C19H32N2O2. The average Bonchev–Trinajstić information content (AvgIpc) is 2.85. The number of hydrogen-bond acceptors (Lipinski definition) is 3. The molecule has 0 aromatic rings. The van der Waals surface area contributed by atoms with E-state index in [0.29, 0.717) is 23.8 Å². The summed E-state index contributed by atoms with van der Waals surface area (Å²) in [6.07, 6.45) is 11.4. The number of ether oxygens (including phenoxy) is 1. The van der Waals surface area contributed by atoms with E-state index in [-0.39, 0.29) is 0 Å². The molecule has 2 fully saturated rings. The molecule has 0 saturated carbocycles. The van der Waals surface area contributed by atoms with E-state index in [2.05, 4.69) is 22.9 Å². The lowest BCUT2D eigenvalue weighted by Crippen LogP contribution is -2.44. The number of likely N-dealkylation sites (N-methyl/N-ethyl adjacent to an activating group) is 1. The minimum absolute atomic E-state index is 0.354. The van der Waals surface area contributed by atoms with Gasteiger partial charge in [-0.2, -0.15) is 0 Å². The molecule has 0 aromatic heterocycles. The third-order valence-electron chi connectivity index (χ3n) is 6.18. The second kappa shape index (κ2) is 7.35. The number of nitrogens with zero attached hydrogens (tertiary/aromatic N) is 2. The summed E-state index contributed by atoms with van der Waals surface area (Å²) in [5.74, 6) is 0.354. The normalized spacial score (nSPS) is 28.2. The predicted octanol–water partition coefficient (Wildman–Crippen LogP) is 2.84. The van der Waals surface area contributed by atoms with Crippen LogP contribution < -0.4 is 0 Å². The van der Waals surface area contributed by atoms with E-state index in [1.54, 1.807) is 7.11 Å². The van der Waals surface area contributed by atoms with E-state index in [1.807, 2.05) is 0 Å². The highest BCUT2D eigenvalue weighted by Crippen LogP contribution is 2.43. The minimum Gasteiger partial charge on any atom is -0.383 e. The number of methoxy groups -OCH3 is 1.